The van der Waals surface area contributed by atoms with Gasteiger partial charge in [-0.25, -0.2) is 0 Å². The van der Waals surface area contributed by atoms with Gasteiger partial charge in [-0.1, -0.05) is 6.07 Å². The van der Waals surface area contributed by atoms with Gasteiger partial charge in [0.25, 0.3) is 0 Å². The summed E-state index contributed by atoms with van der Waals surface area (Å²) in [7, 11) is 0. The summed E-state index contributed by atoms with van der Waals surface area (Å²) in [5.74, 6) is 1.23. The minimum atomic E-state index is -0.0126. The van der Waals surface area contributed by atoms with Gasteiger partial charge in [-0.2, -0.15) is 0 Å². The second kappa shape index (κ2) is 6.20. The number of amides is 1. The number of carbonyl (C=O) groups excluding carboxylic acids is 1. The van der Waals surface area contributed by atoms with Crippen LogP contribution in [0.5, 0.6) is 0 Å². The average molecular weight is 266 g/mol. The van der Waals surface area contributed by atoms with Crippen LogP contribution in [-0.2, 0) is 10.5 Å². The molecule has 1 amide bonds. The molecule has 0 atom stereocenters. The van der Waals surface area contributed by atoms with Gasteiger partial charge in [-0.3, -0.25) is 9.78 Å². The number of aromatic nitrogens is 1. The van der Waals surface area contributed by atoms with E-state index in [2.05, 4.69) is 10.3 Å². The van der Waals surface area contributed by atoms with E-state index in [0.717, 1.165) is 24.3 Å². The number of nitrogens with zero attached hydrogens (tertiary/aromatic N) is 1. The third-order valence-electron chi connectivity index (χ3n) is 3.16. The van der Waals surface area contributed by atoms with Crippen molar-refractivity contribution in [2.75, 3.05) is 18.9 Å². The Kier molecular flexibility index (Phi) is 4.60. The molecule has 0 bridgehead atoms. The van der Waals surface area contributed by atoms with Gasteiger partial charge in [0.1, 0.15) is 0 Å². The number of aliphatic hydroxyl groups excluding tert-OH is 1. The normalized spacial score (nSPS) is 16.3. The second-order valence-electron chi connectivity index (χ2n) is 4.75. The van der Waals surface area contributed by atoms with Gasteiger partial charge >= 0.3 is 0 Å². The number of nitrogens with one attached hydrogen (secondary N) is 1. The molecule has 0 aromatic carbocycles. The maximum Gasteiger partial charge on any atom is 0.230 e. The summed E-state index contributed by atoms with van der Waals surface area (Å²) in [6, 6.07) is 5.78. The molecule has 1 heterocycles. The van der Waals surface area contributed by atoms with Gasteiger partial charge in [-0.05, 0) is 25.0 Å². The molecular weight excluding hydrogens is 248 g/mol. The Morgan fingerprint density at radius 3 is 2.94 bits per heavy atom. The molecule has 2 rings (SSSR count). The van der Waals surface area contributed by atoms with Crippen molar-refractivity contribution in [1.29, 1.82) is 0 Å². The van der Waals surface area contributed by atoms with Crippen LogP contribution in [0.2, 0.25) is 0 Å². The van der Waals surface area contributed by atoms with E-state index in [1.807, 2.05) is 18.2 Å². The highest BCUT2D eigenvalue weighted by atomic mass is 32.2. The summed E-state index contributed by atoms with van der Waals surface area (Å²) in [6.45, 7) is 0.779. The zero-order valence-electron chi connectivity index (χ0n) is 10.3. The lowest BCUT2D eigenvalue weighted by molar-refractivity contribution is -0.118. The molecule has 1 aromatic rings. The van der Waals surface area contributed by atoms with Crippen molar-refractivity contribution in [2.45, 2.75) is 18.6 Å². The van der Waals surface area contributed by atoms with E-state index in [4.69, 9.17) is 5.11 Å². The van der Waals surface area contributed by atoms with Crippen LogP contribution in [-0.4, -0.2) is 34.9 Å². The largest absolute Gasteiger partial charge is 0.396 e. The highest BCUT2D eigenvalue weighted by Gasteiger charge is 2.41. The topological polar surface area (TPSA) is 62.2 Å². The molecule has 1 aliphatic carbocycles. The van der Waals surface area contributed by atoms with Crippen LogP contribution in [0.15, 0.2) is 24.4 Å². The lowest BCUT2D eigenvalue weighted by atomic mass is 10.1. The number of rotatable bonds is 7. The van der Waals surface area contributed by atoms with Crippen LogP contribution < -0.4 is 5.32 Å². The van der Waals surface area contributed by atoms with Crippen LogP contribution in [0.25, 0.3) is 0 Å². The standard InChI is InChI=1S/C13H18N2O2S/c16-10-13(4-5-13)9-15-12(17)8-18-7-11-3-1-2-6-14-11/h1-3,6,16H,4-5,7-10H2,(H,15,17). The Bertz CT molecular complexity index is 393. The fraction of sp³-hybridized carbons (Fsp3) is 0.538. The summed E-state index contributed by atoms with van der Waals surface area (Å²) in [5.41, 5.74) is 0.978. The predicted octanol–water partition coefficient (Wildman–Crippen LogP) is 1.20. The highest BCUT2D eigenvalue weighted by Crippen LogP contribution is 2.44. The monoisotopic (exact) mass is 266 g/mol. The van der Waals surface area contributed by atoms with Crippen LogP contribution in [0.3, 0.4) is 0 Å². The Hall–Kier alpha value is -1.07. The number of pyridine rings is 1. The van der Waals surface area contributed by atoms with Crippen molar-refractivity contribution in [3.63, 3.8) is 0 Å². The molecule has 5 heteroatoms. The van der Waals surface area contributed by atoms with Crippen LogP contribution in [0.4, 0.5) is 0 Å². The van der Waals surface area contributed by atoms with Crippen molar-refractivity contribution < 1.29 is 9.90 Å². The first-order chi connectivity index (χ1) is 8.74. The fourth-order valence-electron chi connectivity index (χ4n) is 1.64. The number of hydrogen-bond acceptors (Lipinski definition) is 4. The maximum atomic E-state index is 11.6. The average Bonchev–Trinajstić information content (AvgIpc) is 3.18. The number of aliphatic hydroxyl groups is 1. The molecule has 98 valence electrons. The van der Waals surface area contributed by atoms with Crippen molar-refractivity contribution in [1.82, 2.24) is 10.3 Å². The van der Waals surface area contributed by atoms with Gasteiger partial charge in [0.05, 0.1) is 18.1 Å². The highest BCUT2D eigenvalue weighted by molar-refractivity contribution is 7.99. The maximum absolute atomic E-state index is 11.6. The molecule has 18 heavy (non-hydrogen) atoms. The zero-order valence-corrected chi connectivity index (χ0v) is 11.1. The van der Waals surface area contributed by atoms with Gasteiger partial charge in [0.2, 0.25) is 5.91 Å². The molecular formula is C13H18N2O2S. The number of hydrogen-bond donors (Lipinski definition) is 2. The summed E-state index contributed by atoms with van der Waals surface area (Å²) >= 11 is 1.56. The van der Waals surface area contributed by atoms with Gasteiger partial charge in [-0.15, -0.1) is 11.8 Å². The van der Waals surface area contributed by atoms with Crippen LogP contribution in [0, 0.1) is 5.41 Å². The summed E-state index contributed by atoms with van der Waals surface area (Å²) in [5, 5.41) is 12.0. The molecule has 1 aromatic heterocycles. The third kappa shape index (κ3) is 3.99. The SMILES string of the molecule is O=C(CSCc1ccccn1)NCC1(CO)CC1. The Morgan fingerprint density at radius 1 is 1.50 bits per heavy atom. The quantitative estimate of drug-likeness (QED) is 0.778. The van der Waals surface area contributed by atoms with E-state index < -0.39 is 0 Å². The van der Waals surface area contributed by atoms with Crippen LogP contribution in [0.1, 0.15) is 18.5 Å². The molecule has 1 saturated carbocycles. The zero-order chi connectivity index (χ0) is 12.8. The van der Waals surface area contributed by atoms with Gasteiger partial charge < -0.3 is 10.4 Å². The lowest BCUT2D eigenvalue weighted by Gasteiger charge is -2.12. The first kappa shape index (κ1) is 13.4. The fourth-order valence-corrected chi connectivity index (χ4v) is 2.41. The van der Waals surface area contributed by atoms with Crippen molar-refractivity contribution >= 4 is 17.7 Å². The van der Waals surface area contributed by atoms with E-state index in [-0.39, 0.29) is 17.9 Å². The molecule has 1 aliphatic rings. The summed E-state index contributed by atoms with van der Waals surface area (Å²) in [6.07, 6.45) is 3.80. The minimum Gasteiger partial charge on any atom is -0.396 e. The van der Waals surface area contributed by atoms with Crippen molar-refractivity contribution in [3.8, 4) is 0 Å². The smallest absolute Gasteiger partial charge is 0.230 e. The molecule has 0 radical (unpaired) electrons. The first-order valence-electron chi connectivity index (χ1n) is 6.09. The second-order valence-corrected chi connectivity index (χ2v) is 5.73. The molecule has 0 spiro atoms. The molecule has 4 nitrogen and oxygen atoms in total. The molecule has 0 unspecified atom stereocenters. The molecule has 0 aliphatic heterocycles. The van der Waals surface area contributed by atoms with E-state index in [1.165, 1.54) is 0 Å². The van der Waals surface area contributed by atoms with Crippen molar-refractivity contribution in [3.05, 3.63) is 30.1 Å². The number of carbonyl (C=O) groups is 1. The Morgan fingerprint density at radius 2 is 2.33 bits per heavy atom. The van der Waals surface area contributed by atoms with Crippen molar-refractivity contribution in [2.24, 2.45) is 5.41 Å². The van der Waals surface area contributed by atoms with Gasteiger partial charge in [0.15, 0.2) is 0 Å². The summed E-state index contributed by atoms with van der Waals surface area (Å²) in [4.78, 5) is 15.8. The molecule has 1 fully saturated rings. The lowest BCUT2D eigenvalue weighted by Crippen LogP contribution is -2.33. The number of thioether (sulfide) groups is 1. The van der Waals surface area contributed by atoms with Gasteiger partial charge in [0, 0.05) is 23.9 Å². The van der Waals surface area contributed by atoms with Crippen LogP contribution >= 0.6 is 11.8 Å². The molecule has 2 N–H and O–H groups in total. The van der Waals surface area contributed by atoms with E-state index >= 15 is 0 Å². The summed E-state index contributed by atoms with van der Waals surface area (Å²) < 4.78 is 0. The minimum absolute atomic E-state index is 0.0126. The van der Waals surface area contributed by atoms with E-state index in [1.54, 1.807) is 18.0 Å². The third-order valence-corrected chi connectivity index (χ3v) is 4.13. The first-order valence-corrected chi connectivity index (χ1v) is 7.25. The molecule has 0 saturated heterocycles. The predicted molar refractivity (Wildman–Crippen MR) is 72.2 cm³/mol. The van der Waals surface area contributed by atoms with E-state index in [9.17, 15) is 4.79 Å². The Labute approximate surface area is 111 Å². The Balaban J connectivity index is 1.60. The van der Waals surface area contributed by atoms with E-state index in [0.29, 0.717) is 12.3 Å².